The zero-order valence-corrected chi connectivity index (χ0v) is 20.0. The van der Waals surface area contributed by atoms with Crippen molar-refractivity contribution >= 4 is 62.5 Å². The third kappa shape index (κ3) is 4.65. The third-order valence-corrected chi connectivity index (χ3v) is 6.62. The molecule has 1 N–H and O–H groups in total. The van der Waals surface area contributed by atoms with E-state index in [1.807, 2.05) is 48.7 Å². The van der Waals surface area contributed by atoms with E-state index in [2.05, 4.69) is 40.2 Å². The molecule has 0 bridgehead atoms. The summed E-state index contributed by atoms with van der Waals surface area (Å²) in [6.07, 6.45) is 3.60. The fraction of sp³-hybridized carbons (Fsp3) is 0.0345. The van der Waals surface area contributed by atoms with Gasteiger partial charge in [0, 0.05) is 34.9 Å². The van der Waals surface area contributed by atoms with E-state index in [1.165, 1.54) is 16.3 Å². The molecule has 1 aromatic heterocycles. The molecule has 0 aliphatic carbocycles. The van der Waals surface area contributed by atoms with Crippen molar-refractivity contribution in [3.8, 4) is 6.07 Å². The molecule has 170 valence electrons. The molecule has 5 rings (SSSR count). The number of nitrogens with one attached hydrogen (secondary N) is 1. The molecule has 0 radical (unpaired) electrons. The molecule has 0 aliphatic rings. The van der Waals surface area contributed by atoms with Crippen LogP contribution < -0.4 is 5.32 Å². The van der Waals surface area contributed by atoms with Gasteiger partial charge in [-0.3, -0.25) is 4.79 Å². The summed E-state index contributed by atoms with van der Waals surface area (Å²) in [5.41, 5.74) is 3.46. The number of rotatable bonds is 5. The molecule has 0 spiro atoms. The Kier molecular flexibility index (Phi) is 6.29. The molecular formula is C29H19Cl2N3O. The van der Waals surface area contributed by atoms with Crippen LogP contribution in [-0.2, 0) is 11.3 Å². The Labute approximate surface area is 212 Å². The zero-order chi connectivity index (χ0) is 24.4. The van der Waals surface area contributed by atoms with E-state index >= 15 is 0 Å². The maximum absolute atomic E-state index is 12.8. The number of nitrogens with zero attached hydrogens (tertiary/aromatic N) is 2. The van der Waals surface area contributed by atoms with Crippen LogP contribution in [0.5, 0.6) is 0 Å². The van der Waals surface area contributed by atoms with Crippen molar-refractivity contribution in [2.45, 2.75) is 6.54 Å². The smallest absolute Gasteiger partial charge is 0.266 e. The maximum Gasteiger partial charge on any atom is 0.266 e. The van der Waals surface area contributed by atoms with E-state index in [1.54, 1.807) is 24.3 Å². The van der Waals surface area contributed by atoms with Gasteiger partial charge in [-0.05, 0) is 46.7 Å². The predicted octanol–water partition coefficient (Wildman–Crippen LogP) is 7.70. The number of halogens is 2. The summed E-state index contributed by atoms with van der Waals surface area (Å²) >= 11 is 12.0. The average molecular weight is 496 g/mol. The van der Waals surface area contributed by atoms with Gasteiger partial charge in [-0.15, -0.1) is 0 Å². The van der Waals surface area contributed by atoms with Gasteiger partial charge >= 0.3 is 0 Å². The number of carbonyl (C=O) groups excluding carboxylic acids is 1. The van der Waals surface area contributed by atoms with E-state index in [0.29, 0.717) is 22.3 Å². The summed E-state index contributed by atoms with van der Waals surface area (Å²) in [6.45, 7) is 0.660. The highest BCUT2D eigenvalue weighted by atomic mass is 35.5. The molecule has 0 fully saturated rings. The highest BCUT2D eigenvalue weighted by Gasteiger charge is 2.14. The van der Waals surface area contributed by atoms with Gasteiger partial charge in [0.05, 0.1) is 10.0 Å². The van der Waals surface area contributed by atoms with E-state index in [4.69, 9.17) is 23.2 Å². The van der Waals surface area contributed by atoms with Crippen LogP contribution in [0.3, 0.4) is 0 Å². The monoisotopic (exact) mass is 495 g/mol. The normalized spacial score (nSPS) is 11.5. The Morgan fingerprint density at radius 2 is 1.66 bits per heavy atom. The van der Waals surface area contributed by atoms with E-state index in [0.717, 1.165) is 16.5 Å². The number of fused-ring (bicyclic) bond motifs is 2. The van der Waals surface area contributed by atoms with Crippen LogP contribution in [0.2, 0.25) is 10.0 Å². The number of hydrogen-bond acceptors (Lipinski definition) is 2. The average Bonchev–Trinajstić information content (AvgIpc) is 3.22. The lowest BCUT2D eigenvalue weighted by Gasteiger charge is -2.09. The predicted molar refractivity (Wildman–Crippen MR) is 144 cm³/mol. The van der Waals surface area contributed by atoms with E-state index < -0.39 is 5.91 Å². The summed E-state index contributed by atoms with van der Waals surface area (Å²) in [5, 5.41) is 16.5. The second-order valence-corrected chi connectivity index (χ2v) is 8.93. The molecule has 0 aliphatic heterocycles. The quantitative estimate of drug-likeness (QED) is 0.200. The van der Waals surface area contributed by atoms with Crippen LogP contribution in [0.25, 0.3) is 27.8 Å². The van der Waals surface area contributed by atoms with Crippen molar-refractivity contribution in [3.05, 3.63) is 118 Å². The number of para-hydroxylation sites is 1. The van der Waals surface area contributed by atoms with Crippen LogP contribution in [0, 0.1) is 11.3 Å². The SMILES string of the molecule is N#C/C(=C\c1cn(Cc2cccc3ccccc23)c2ccccc12)C(=O)Nc1ccc(Cl)c(Cl)c1. The Hall–Kier alpha value is -4.04. The van der Waals surface area contributed by atoms with Gasteiger partial charge in [0.1, 0.15) is 11.6 Å². The second-order valence-electron chi connectivity index (χ2n) is 8.12. The number of amides is 1. The van der Waals surface area contributed by atoms with Gasteiger partial charge in [-0.1, -0.05) is 83.9 Å². The maximum atomic E-state index is 12.8. The Morgan fingerprint density at radius 3 is 2.46 bits per heavy atom. The molecule has 0 saturated heterocycles. The lowest BCUT2D eigenvalue weighted by molar-refractivity contribution is -0.112. The third-order valence-electron chi connectivity index (χ3n) is 5.88. The molecule has 0 atom stereocenters. The van der Waals surface area contributed by atoms with Crippen LogP contribution in [0.15, 0.2) is 96.7 Å². The van der Waals surface area contributed by atoms with Gasteiger partial charge in [-0.2, -0.15) is 5.26 Å². The van der Waals surface area contributed by atoms with Crippen LogP contribution in [-0.4, -0.2) is 10.5 Å². The molecule has 35 heavy (non-hydrogen) atoms. The molecule has 6 heteroatoms. The van der Waals surface area contributed by atoms with E-state index in [9.17, 15) is 10.1 Å². The summed E-state index contributed by atoms with van der Waals surface area (Å²) in [5.74, 6) is -0.517. The molecule has 1 heterocycles. The molecular weight excluding hydrogens is 477 g/mol. The number of carbonyl (C=O) groups is 1. The number of hydrogen-bond donors (Lipinski definition) is 1. The van der Waals surface area contributed by atoms with Crippen molar-refractivity contribution in [2.75, 3.05) is 5.32 Å². The lowest BCUT2D eigenvalue weighted by Crippen LogP contribution is -2.13. The van der Waals surface area contributed by atoms with Gasteiger partial charge in [-0.25, -0.2) is 0 Å². The molecule has 4 nitrogen and oxygen atoms in total. The minimum Gasteiger partial charge on any atom is -0.342 e. The number of nitriles is 1. The summed E-state index contributed by atoms with van der Waals surface area (Å²) in [7, 11) is 0. The van der Waals surface area contributed by atoms with Gasteiger partial charge < -0.3 is 9.88 Å². The first-order chi connectivity index (χ1) is 17.0. The van der Waals surface area contributed by atoms with Crippen molar-refractivity contribution in [1.29, 1.82) is 5.26 Å². The first kappa shape index (κ1) is 22.7. The molecule has 4 aromatic carbocycles. The fourth-order valence-corrected chi connectivity index (χ4v) is 4.51. The molecule has 0 saturated carbocycles. The molecule has 1 amide bonds. The van der Waals surface area contributed by atoms with Gasteiger partial charge in [0.25, 0.3) is 5.91 Å². The molecule has 0 unspecified atom stereocenters. The largest absolute Gasteiger partial charge is 0.342 e. The highest BCUT2D eigenvalue weighted by Crippen LogP contribution is 2.28. The topological polar surface area (TPSA) is 57.8 Å². The Bertz CT molecular complexity index is 1650. The van der Waals surface area contributed by atoms with Crippen molar-refractivity contribution < 1.29 is 4.79 Å². The summed E-state index contributed by atoms with van der Waals surface area (Å²) in [4.78, 5) is 12.8. The summed E-state index contributed by atoms with van der Waals surface area (Å²) < 4.78 is 2.15. The minimum atomic E-state index is -0.517. The van der Waals surface area contributed by atoms with Crippen LogP contribution in [0.1, 0.15) is 11.1 Å². The number of aromatic nitrogens is 1. The first-order valence-corrected chi connectivity index (χ1v) is 11.7. The minimum absolute atomic E-state index is 0.0101. The zero-order valence-electron chi connectivity index (χ0n) is 18.5. The van der Waals surface area contributed by atoms with Gasteiger partial charge in [0.2, 0.25) is 0 Å². The summed E-state index contributed by atoms with van der Waals surface area (Å²) in [6, 6.07) is 29.4. The van der Waals surface area contributed by atoms with Crippen molar-refractivity contribution in [2.24, 2.45) is 0 Å². The van der Waals surface area contributed by atoms with Crippen LogP contribution in [0.4, 0.5) is 5.69 Å². The van der Waals surface area contributed by atoms with Crippen molar-refractivity contribution in [1.82, 2.24) is 4.57 Å². The molecule has 5 aromatic rings. The van der Waals surface area contributed by atoms with Gasteiger partial charge in [0.15, 0.2) is 0 Å². The second kappa shape index (κ2) is 9.68. The number of anilines is 1. The van der Waals surface area contributed by atoms with Crippen LogP contribution >= 0.6 is 23.2 Å². The standard InChI is InChI=1S/C29H19Cl2N3O/c30-26-13-12-23(15-27(26)31)33-29(35)21(16-32)14-22-18-34(28-11-4-3-10-25(22)28)17-20-8-5-7-19-6-1-2-9-24(19)20/h1-15,18H,17H2,(H,33,35)/b21-14+. The van der Waals surface area contributed by atoms with E-state index in [-0.39, 0.29) is 5.57 Å². The highest BCUT2D eigenvalue weighted by molar-refractivity contribution is 6.42. The Balaban J connectivity index is 1.51. The van der Waals surface area contributed by atoms with Crippen molar-refractivity contribution in [3.63, 3.8) is 0 Å². The Morgan fingerprint density at radius 1 is 0.914 bits per heavy atom. The fourth-order valence-electron chi connectivity index (χ4n) is 4.21. The lowest BCUT2D eigenvalue weighted by atomic mass is 10.0. The first-order valence-electron chi connectivity index (χ1n) is 11.0. The number of benzene rings is 4.